The summed E-state index contributed by atoms with van der Waals surface area (Å²) in [7, 11) is 1.79. The Bertz CT molecular complexity index is 799. The standard InChI is InChI=1S/C20H22N4O/c1-23(20(25)21-13-12-17-8-4-2-5-9-17)15-18-14-22-24(16-18)19-10-6-3-7-11-19/h2-11,14,16H,12-13,15H2,1H3,(H,21,25). The molecule has 2 aromatic carbocycles. The minimum atomic E-state index is -0.0802. The molecule has 3 rings (SSSR count). The Kier molecular flexibility index (Phi) is 5.46. The van der Waals surface area contributed by atoms with Gasteiger partial charge in [0.25, 0.3) is 0 Å². The van der Waals surface area contributed by atoms with Gasteiger partial charge in [-0.2, -0.15) is 5.10 Å². The monoisotopic (exact) mass is 334 g/mol. The minimum absolute atomic E-state index is 0.0802. The van der Waals surface area contributed by atoms with Crippen molar-refractivity contribution in [2.75, 3.05) is 13.6 Å². The summed E-state index contributed by atoms with van der Waals surface area (Å²) in [4.78, 5) is 13.9. The van der Waals surface area contributed by atoms with Crippen molar-refractivity contribution in [1.82, 2.24) is 20.0 Å². The molecule has 5 nitrogen and oxygen atoms in total. The average molecular weight is 334 g/mol. The van der Waals surface area contributed by atoms with Crippen LogP contribution in [0.2, 0.25) is 0 Å². The molecule has 0 aliphatic carbocycles. The molecule has 0 fully saturated rings. The first-order valence-electron chi connectivity index (χ1n) is 8.34. The molecule has 1 heterocycles. The lowest BCUT2D eigenvalue weighted by molar-refractivity contribution is 0.207. The number of amides is 2. The van der Waals surface area contributed by atoms with E-state index in [0.29, 0.717) is 13.1 Å². The highest BCUT2D eigenvalue weighted by atomic mass is 16.2. The summed E-state index contributed by atoms with van der Waals surface area (Å²) in [5.74, 6) is 0. The highest BCUT2D eigenvalue weighted by molar-refractivity contribution is 5.73. The van der Waals surface area contributed by atoms with Crippen molar-refractivity contribution in [2.24, 2.45) is 0 Å². The smallest absolute Gasteiger partial charge is 0.317 e. The number of carbonyl (C=O) groups excluding carboxylic acids is 1. The lowest BCUT2D eigenvalue weighted by Crippen LogP contribution is -2.37. The van der Waals surface area contributed by atoms with Crippen LogP contribution in [0.1, 0.15) is 11.1 Å². The molecule has 128 valence electrons. The molecule has 2 amide bonds. The van der Waals surface area contributed by atoms with E-state index in [1.807, 2.05) is 59.4 Å². The molecular formula is C20H22N4O. The maximum Gasteiger partial charge on any atom is 0.317 e. The number of urea groups is 1. The number of hydrogen-bond acceptors (Lipinski definition) is 2. The first-order valence-corrected chi connectivity index (χ1v) is 8.34. The second-order valence-corrected chi connectivity index (χ2v) is 5.95. The molecule has 0 spiro atoms. The first-order chi connectivity index (χ1) is 12.2. The van der Waals surface area contributed by atoms with E-state index < -0.39 is 0 Å². The van der Waals surface area contributed by atoms with Crippen molar-refractivity contribution in [3.63, 3.8) is 0 Å². The van der Waals surface area contributed by atoms with E-state index in [0.717, 1.165) is 17.7 Å². The van der Waals surface area contributed by atoms with Crippen LogP contribution in [0.3, 0.4) is 0 Å². The third kappa shape index (κ3) is 4.70. The SMILES string of the molecule is CN(Cc1cnn(-c2ccccc2)c1)C(=O)NCCc1ccccc1. The minimum Gasteiger partial charge on any atom is -0.338 e. The van der Waals surface area contributed by atoms with Gasteiger partial charge in [0.05, 0.1) is 18.4 Å². The molecule has 25 heavy (non-hydrogen) atoms. The molecule has 0 aliphatic heterocycles. The van der Waals surface area contributed by atoms with Gasteiger partial charge in [-0.15, -0.1) is 0 Å². The third-order valence-electron chi connectivity index (χ3n) is 3.96. The van der Waals surface area contributed by atoms with Crippen LogP contribution in [-0.2, 0) is 13.0 Å². The fourth-order valence-corrected chi connectivity index (χ4v) is 2.60. The molecule has 3 aromatic rings. The van der Waals surface area contributed by atoms with Crippen LogP contribution in [-0.4, -0.2) is 34.3 Å². The summed E-state index contributed by atoms with van der Waals surface area (Å²) in [6.45, 7) is 1.14. The lowest BCUT2D eigenvalue weighted by atomic mass is 10.1. The summed E-state index contributed by atoms with van der Waals surface area (Å²) in [6, 6.07) is 20.0. The summed E-state index contributed by atoms with van der Waals surface area (Å²) >= 11 is 0. The molecule has 1 N–H and O–H groups in total. The summed E-state index contributed by atoms with van der Waals surface area (Å²) in [5.41, 5.74) is 3.21. The predicted octanol–water partition coefficient (Wildman–Crippen LogP) is 3.26. The van der Waals surface area contributed by atoms with E-state index in [1.54, 1.807) is 18.1 Å². The fraction of sp³-hybridized carbons (Fsp3) is 0.200. The summed E-state index contributed by atoms with van der Waals surface area (Å²) < 4.78 is 1.82. The maximum absolute atomic E-state index is 12.2. The summed E-state index contributed by atoms with van der Waals surface area (Å²) in [5, 5.41) is 7.31. The van der Waals surface area contributed by atoms with Crippen LogP contribution < -0.4 is 5.32 Å². The molecule has 0 aliphatic rings. The van der Waals surface area contributed by atoms with Gasteiger partial charge in [-0.25, -0.2) is 9.48 Å². The predicted molar refractivity (Wildman–Crippen MR) is 98.6 cm³/mol. The Morgan fingerprint density at radius 1 is 1.04 bits per heavy atom. The molecule has 0 unspecified atom stereocenters. The van der Waals surface area contributed by atoms with Crippen molar-refractivity contribution < 1.29 is 4.79 Å². The second-order valence-electron chi connectivity index (χ2n) is 5.95. The van der Waals surface area contributed by atoms with Gasteiger partial charge in [0.2, 0.25) is 0 Å². The summed E-state index contributed by atoms with van der Waals surface area (Å²) in [6.07, 6.45) is 4.57. The molecule has 0 radical (unpaired) electrons. The van der Waals surface area contributed by atoms with Crippen molar-refractivity contribution in [2.45, 2.75) is 13.0 Å². The third-order valence-corrected chi connectivity index (χ3v) is 3.96. The normalized spacial score (nSPS) is 10.4. The van der Waals surface area contributed by atoms with E-state index in [-0.39, 0.29) is 6.03 Å². The number of nitrogens with one attached hydrogen (secondary N) is 1. The Morgan fingerprint density at radius 3 is 2.44 bits per heavy atom. The first kappa shape index (κ1) is 16.8. The number of rotatable bonds is 6. The van der Waals surface area contributed by atoms with Gasteiger partial charge in [-0.05, 0) is 24.1 Å². The highest BCUT2D eigenvalue weighted by Gasteiger charge is 2.10. The number of carbonyl (C=O) groups is 1. The quantitative estimate of drug-likeness (QED) is 0.752. The number of nitrogens with zero attached hydrogens (tertiary/aromatic N) is 3. The Hall–Kier alpha value is -3.08. The van der Waals surface area contributed by atoms with Gasteiger partial charge in [0, 0.05) is 25.4 Å². The van der Waals surface area contributed by atoms with Gasteiger partial charge in [0.1, 0.15) is 0 Å². The molecule has 0 atom stereocenters. The van der Waals surface area contributed by atoms with Gasteiger partial charge in [-0.3, -0.25) is 0 Å². The Morgan fingerprint density at radius 2 is 1.72 bits per heavy atom. The van der Waals surface area contributed by atoms with Crippen LogP contribution >= 0.6 is 0 Å². The van der Waals surface area contributed by atoms with Gasteiger partial charge in [0.15, 0.2) is 0 Å². The number of aromatic nitrogens is 2. The average Bonchev–Trinajstić information content (AvgIpc) is 3.12. The molecule has 0 saturated heterocycles. The van der Waals surface area contributed by atoms with Crippen molar-refractivity contribution >= 4 is 6.03 Å². The molecule has 0 bridgehead atoms. The van der Waals surface area contributed by atoms with Crippen LogP contribution in [0.25, 0.3) is 5.69 Å². The van der Waals surface area contributed by atoms with Crippen molar-refractivity contribution in [3.8, 4) is 5.69 Å². The van der Waals surface area contributed by atoms with E-state index in [9.17, 15) is 4.79 Å². The maximum atomic E-state index is 12.2. The van der Waals surface area contributed by atoms with Crippen molar-refractivity contribution in [1.29, 1.82) is 0 Å². The van der Waals surface area contributed by atoms with Crippen LogP contribution in [0.5, 0.6) is 0 Å². The van der Waals surface area contributed by atoms with Crippen LogP contribution in [0.15, 0.2) is 73.1 Å². The number of para-hydroxylation sites is 1. The molecule has 5 heteroatoms. The molecule has 0 saturated carbocycles. The number of benzene rings is 2. The van der Waals surface area contributed by atoms with Gasteiger partial charge < -0.3 is 10.2 Å². The zero-order valence-electron chi connectivity index (χ0n) is 14.3. The zero-order chi connectivity index (χ0) is 17.5. The highest BCUT2D eigenvalue weighted by Crippen LogP contribution is 2.09. The molecular weight excluding hydrogens is 312 g/mol. The second kappa shape index (κ2) is 8.15. The van der Waals surface area contributed by atoms with Gasteiger partial charge in [-0.1, -0.05) is 48.5 Å². The van der Waals surface area contributed by atoms with Crippen LogP contribution in [0.4, 0.5) is 4.79 Å². The number of hydrogen-bond donors (Lipinski definition) is 1. The Labute approximate surface area is 147 Å². The molecule has 1 aromatic heterocycles. The van der Waals surface area contributed by atoms with E-state index in [4.69, 9.17) is 0 Å². The van der Waals surface area contributed by atoms with Crippen molar-refractivity contribution in [3.05, 3.63) is 84.2 Å². The largest absolute Gasteiger partial charge is 0.338 e. The zero-order valence-corrected chi connectivity index (χ0v) is 14.3. The van der Waals surface area contributed by atoms with E-state index in [2.05, 4.69) is 22.5 Å². The van der Waals surface area contributed by atoms with Gasteiger partial charge >= 0.3 is 6.03 Å². The Balaban J connectivity index is 1.49. The van der Waals surface area contributed by atoms with E-state index in [1.165, 1.54) is 5.56 Å². The van der Waals surface area contributed by atoms with E-state index >= 15 is 0 Å². The topological polar surface area (TPSA) is 50.2 Å². The fourth-order valence-electron chi connectivity index (χ4n) is 2.60. The lowest BCUT2D eigenvalue weighted by Gasteiger charge is -2.17. The van der Waals surface area contributed by atoms with Crippen LogP contribution in [0, 0.1) is 0 Å².